The molecule has 16 nitrogen and oxygen atoms in total. The standard InChI is InChI=1S/C15H18N6O6S.C11H8ClNO3/c1-21(2)13(22)9-6-5-7-16-12(9)28(24,25)20-15(23)19-14-17-10(26-3)8-11(18-14)27-4;12-8-3-4-9(16-6-10(14)15)11-7(8)2-1-5-13-11/h5-8H,1-4H3,(H2,17,18,19,20,23);1-5H,6H2,(H,14,15). The molecule has 0 saturated carbocycles. The third-order valence-electron chi connectivity index (χ3n) is 5.24. The predicted octanol–water partition coefficient (Wildman–Crippen LogP) is 2.45. The summed E-state index contributed by atoms with van der Waals surface area (Å²) in [4.78, 5) is 51.4. The summed E-state index contributed by atoms with van der Waals surface area (Å²) in [6.07, 6.45) is 2.79. The first-order valence-corrected chi connectivity index (χ1v) is 14.1. The molecule has 3 aromatic heterocycles. The molecule has 0 spiro atoms. The molecule has 0 fully saturated rings. The number of rotatable bonds is 9. The number of fused-ring (bicyclic) bond motifs is 1. The van der Waals surface area contributed by atoms with E-state index in [0.717, 1.165) is 5.39 Å². The Morgan fingerprint density at radius 1 is 0.977 bits per heavy atom. The summed E-state index contributed by atoms with van der Waals surface area (Å²) in [5.74, 6) is -1.27. The fourth-order valence-corrected chi connectivity index (χ4v) is 4.59. The zero-order valence-corrected chi connectivity index (χ0v) is 25.2. The summed E-state index contributed by atoms with van der Waals surface area (Å²) in [5.41, 5.74) is 0.378. The predicted molar refractivity (Wildman–Crippen MR) is 157 cm³/mol. The largest absolute Gasteiger partial charge is 0.481 e. The Kier molecular flexibility index (Phi) is 11.1. The summed E-state index contributed by atoms with van der Waals surface area (Å²) in [6.45, 7) is -0.396. The van der Waals surface area contributed by atoms with E-state index in [0.29, 0.717) is 16.3 Å². The number of amides is 3. The van der Waals surface area contributed by atoms with E-state index in [9.17, 15) is 22.8 Å². The highest BCUT2D eigenvalue weighted by molar-refractivity contribution is 7.90. The molecule has 0 aliphatic heterocycles. The highest BCUT2D eigenvalue weighted by Crippen LogP contribution is 2.29. The van der Waals surface area contributed by atoms with E-state index in [1.54, 1.807) is 35.2 Å². The van der Waals surface area contributed by atoms with Gasteiger partial charge in [0, 0.05) is 31.9 Å². The first-order valence-electron chi connectivity index (χ1n) is 12.2. The van der Waals surface area contributed by atoms with Gasteiger partial charge < -0.3 is 24.2 Å². The number of urea groups is 1. The summed E-state index contributed by atoms with van der Waals surface area (Å²) in [7, 11) is 1.15. The second-order valence-corrected chi connectivity index (χ2v) is 10.5. The van der Waals surface area contributed by atoms with Gasteiger partial charge in [-0.2, -0.15) is 18.4 Å². The summed E-state index contributed by atoms with van der Waals surface area (Å²) in [6, 6.07) is 9.73. The molecule has 0 unspecified atom stereocenters. The molecule has 3 heterocycles. The van der Waals surface area contributed by atoms with Crippen molar-refractivity contribution in [1.29, 1.82) is 0 Å². The van der Waals surface area contributed by atoms with E-state index in [4.69, 9.17) is 30.9 Å². The van der Waals surface area contributed by atoms with E-state index >= 15 is 0 Å². The number of anilines is 1. The van der Waals surface area contributed by atoms with E-state index in [1.165, 1.54) is 57.6 Å². The lowest BCUT2D eigenvalue weighted by Gasteiger charge is -2.14. The first-order chi connectivity index (χ1) is 20.9. The van der Waals surface area contributed by atoms with E-state index in [-0.39, 0.29) is 23.3 Å². The molecule has 1 aromatic carbocycles. The average molecular weight is 648 g/mol. The third-order valence-corrected chi connectivity index (χ3v) is 6.86. The number of hydrogen-bond acceptors (Lipinski definition) is 12. The van der Waals surface area contributed by atoms with Crippen molar-refractivity contribution in [3.8, 4) is 17.5 Å². The van der Waals surface area contributed by atoms with Crippen LogP contribution in [0.15, 0.2) is 59.9 Å². The number of ether oxygens (including phenoxy) is 3. The van der Waals surface area contributed by atoms with E-state index in [2.05, 4.69) is 25.3 Å². The molecule has 18 heteroatoms. The number of carboxylic acid groups (broad SMARTS) is 1. The van der Waals surface area contributed by atoms with Crippen LogP contribution in [0, 0.1) is 0 Å². The van der Waals surface area contributed by atoms with Crippen molar-refractivity contribution >= 4 is 56.4 Å². The number of carbonyl (C=O) groups excluding carboxylic acids is 2. The highest BCUT2D eigenvalue weighted by atomic mass is 35.5. The zero-order chi connectivity index (χ0) is 32.4. The smallest absolute Gasteiger partial charge is 0.341 e. The van der Waals surface area contributed by atoms with Crippen LogP contribution < -0.4 is 24.2 Å². The Hall–Kier alpha value is -5.29. The van der Waals surface area contributed by atoms with Gasteiger partial charge in [-0.25, -0.2) is 19.3 Å². The maximum Gasteiger partial charge on any atom is 0.341 e. The van der Waals surface area contributed by atoms with Crippen molar-refractivity contribution in [2.45, 2.75) is 5.03 Å². The second-order valence-electron chi connectivity index (χ2n) is 8.52. The SMILES string of the molecule is COc1cc(OC)nc(NC(=O)NS(=O)(=O)c2ncccc2C(=O)N(C)C)n1.O=C(O)COc1ccc(Cl)c2cccnc12. The van der Waals surface area contributed by atoms with Crippen molar-refractivity contribution in [3.63, 3.8) is 0 Å². The lowest BCUT2D eigenvalue weighted by Crippen LogP contribution is -2.36. The number of hydrogen-bond donors (Lipinski definition) is 3. The van der Waals surface area contributed by atoms with Crippen LogP contribution in [0.25, 0.3) is 10.9 Å². The number of carboxylic acids is 1. The van der Waals surface area contributed by atoms with Gasteiger partial charge in [-0.1, -0.05) is 11.6 Å². The maximum absolute atomic E-state index is 12.5. The van der Waals surface area contributed by atoms with Crippen LogP contribution in [0.5, 0.6) is 17.5 Å². The van der Waals surface area contributed by atoms with Crippen LogP contribution in [0.1, 0.15) is 10.4 Å². The fraction of sp³-hybridized carbons (Fsp3) is 0.192. The summed E-state index contributed by atoms with van der Waals surface area (Å²) < 4.78 is 41.8. The van der Waals surface area contributed by atoms with E-state index in [1.807, 2.05) is 0 Å². The number of benzene rings is 1. The van der Waals surface area contributed by atoms with Crippen molar-refractivity contribution in [3.05, 3.63) is 65.4 Å². The minimum Gasteiger partial charge on any atom is -0.481 e. The van der Waals surface area contributed by atoms with Gasteiger partial charge in [0.05, 0.1) is 30.9 Å². The molecular formula is C26H26ClN7O9S. The molecule has 0 atom stereocenters. The fourth-order valence-electron chi connectivity index (χ4n) is 3.34. The number of aromatic nitrogens is 4. The van der Waals surface area contributed by atoms with Gasteiger partial charge in [0.25, 0.3) is 15.9 Å². The Morgan fingerprint density at radius 3 is 2.23 bits per heavy atom. The normalized spacial score (nSPS) is 10.6. The zero-order valence-electron chi connectivity index (χ0n) is 23.6. The minimum absolute atomic E-state index is 0.0913. The number of pyridine rings is 2. The third kappa shape index (κ3) is 8.62. The number of nitrogens with zero attached hydrogens (tertiary/aromatic N) is 5. The number of sulfonamides is 1. The Balaban J connectivity index is 0.000000278. The number of nitrogens with one attached hydrogen (secondary N) is 2. The van der Waals surface area contributed by atoms with Gasteiger partial charge in [0.1, 0.15) is 11.3 Å². The second kappa shape index (κ2) is 14.7. The van der Waals surface area contributed by atoms with Crippen LogP contribution in [0.2, 0.25) is 5.02 Å². The highest BCUT2D eigenvalue weighted by Gasteiger charge is 2.27. The van der Waals surface area contributed by atoms with Gasteiger partial charge in [0.2, 0.25) is 17.7 Å². The van der Waals surface area contributed by atoms with Crippen LogP contribution in [-0.4, -0.2) is 91.2 Å². The molecule has 4 rings (SSSR count). The average Bonchev–Trinajstić information content (AvgIpc) is 3.00. The molecule has 0 radical (unpaired) electrons. The number of methoxy groups -OCH3 is 2. The number of aliphatic carboxylic acids is 1. The molecule has 4 aromatic rings. The Bertz CT molecular complexity index is 1770. The Morgan fingerprint density at radius 2 is 1.61 bits per heavy atom. The van der Waals surface area contributed by atoms with Crippen molar-refractivity contribution < 1.29 is 42.1 Å². The van der Waals surface area contributed by atoms with Gasteiger partial charge in [-0.3, -0.25) is 15.1 Å². The van der Waals surface area contributed by atoms with Crippen molar-refractivity contribution in [1.82, 2.24) is 29.6 Å². The molecule has 232 valence electrons. The molecule has 0 bridgehead atoms. The first kappa shape index (κ1) is 33.2. The van der Waals surface area contributed by atoms with Crippen LogP contribution in [0.3, 0.4) is 0 Å². The van der Waals surface area contributed by atoms with E-state index < -0.39 is 39.6 Å². The van der Waals surface area contributed by atoms with Crippen LogP contribution in [-0.2, 0) is 14.8 Å². The number of carbonyl (C=O) groups is 3. The lowest BCUT2D eigenvalue weighted by atomic mass is 10.2. The van der Waals surface area contributed by atoms with Crippen molar-refractivity contribution in [2.24, 2.45) is 0 Å². The monoisotopic (exact) mass is 647 g/mol. The molecule has 0 saturated heterocycles. The summed E-state index contributed by atoms with van der Waals surface area (Å²) in [5, 5.41) is 11.4. The minimum atomic E-state index is -4.46. The molecule has 0 aliphatic rings. The lowest BCUT2D eigenvalue weighted by molar-refractivity contribution is -0.139. The molecule has 3 N–H and O–H groups in total. The maximum atomic E-state index is 12.5. The number of halogens is 1. The molecular weight excluding hydrogens is 622 g/mol. The summed E-state index contributed by atoms with van der Waals surface area (Å²) >= 11 is 5.98. The van der Waals surface area contributed by atoms with Crippen LogP contribution >= 0.6 is 11.6 Å². The van der Waals surface area contributed by atoms with Gasteiger partial charge >= 0.3 is 12.0 Å². The van der Waals surface area contributed by atoms with Crippen LogP contribution in [0.4, 0.5) is 10.7 Å². The van der Waals surface area contributed by atoms with Gasteiger partial charge in [-0.15, -0.1) is 0 Å². The molecule has 3 amide bonds. The van der Waals surface area contributed by atoms with Crippen molar-refractivity contribution in [2.75, 3.05) is 40.2 Å². The molecule has 44 heavy (non-hydrogen) atoms. The Labute approximate surface area is 256 Å². The molecule has 0 aliphatic carbocycles. The van der Waals surface area contributed by atoms with Gasteiger partial charge in [0.15, 0.2) is 11.6 Å². The topological polar surface area (TPSA) is 212 Å². The quantitative estimate of drug-likeness (QED) is 0.238. The van der Waals surface area contributed by atoms with Gasteiger partial charge in [-0.05, 0) is 36.4 Å².